The third-order valence-electron chi connectivity index (χ3n) is 2.58. The van der Waals surface area contributed by atoms with E-state index in [0.717, 1.165) is 18.6 Å². The average molecular weight is 242 g/mol. The van der Waals surface area contributed by atoms with Crippen LogP contribution >= 0.6 is 11.8 Å². The molecular formula is C11H18N2O2S. The van der Waals surface area contributed by atoms with Crippen LogP contribution < -0.4 is 0 Å². The van der Waals surface area contributed by atoms with Crippen LogP contribution in [0.25, 0.3) is 0 Å². The van der Waals surface area contributed by atoms with Crippen LogP contribution in [0.1, 0.15) is 19.3 Å². The van der Waals surface area contributed by atoms with Gasteiger partial charge in [0.15, 0.2) is 0 Å². The molecule has 1 unspecified atom stereocenters. The molecule has 1 fully saturated rings. The minimum atomic E-state index is 0.107. The Labute approximate surface area is 101 Å². The number of carbonyl (C=O) groups is 1. The van der Waals surface area contributed by atoms with Crippen molar-refractivity contribution in [3.63, 3.8) is 0 Å². The lowest BCUT2D eigenvalue weighted by atomic mass is 10.2. The number of hydrogen-bond donors (Lipinski definition) is 0. The van der Waals surface area contributed by atoms with Crippen LogP contribution in [0, 0.1) is 11.3 Å². The van der Waals surface area contributed by atoms with Crippen LogP contribution in [0.4, 0.5) is 0 Å². The predicted molar refractivity (Wildman–Crippen MR) is 64.2 cm³/mol. The summed E-state index contributed by atoms with van der Waals surface area (Å²) in [6.07, 6.45) is 2.49. The molecule has 1 rings (SSSR count). The molecule has 1 aliphatic heterocycles. The van der Waals surface area contributed by atoms with Crippen molar-refractivity contribution in [2.24, 2.45) is 0 Å². The van der Waals surface area contributed by atoms with Gasteiger partial charge in [0, 0.05) is 20.2 Å². The first-order chi connectivity index (χ1) is 7.79. The molecule has 1 amide bonds. The lowest BCUT2D eigenvalue weighted by Gasteiger charge is -2.24. The van der Waals surface area contributed by atoms with E-state index in [9.17, 15) is 4.79 Å². The Morgan fingerprint density at radius 2 is 2.44 bits per heavy atom. The Morgan fingerprint density at radius 1 is 1.62 bits per heavy atom. The van der Waals surface area contributed by atoms with Crippen molar-refractivity contribution in [1.29, 1.82) is 5.26 Å². The maximum Gasteiger partial charge on any atom is 0.235 e. The number of rotatable bonds is 6. The first kappa shape index (κ1) is 13.3. The van der Waals surface area contributed by atoms with Gasteiger partial charge in [-0.15, -0.1) is 11.8 Å². The molecule has 16 heavy (non-hydrogen) atoms. The third-order valence-corrected chi connectivity index (χ3v) is 3.94. The minimum Gasteiger partial charge on any atom is -0.383 e. The highest BCUT2D eigenvalue weighted by Crippen LogP contribution is 2.27. The van der Waals surface area contributed by atoms with Gasteiger partial charge in [0.05, 0.1) is 24.3 Å². The maximum absolute atomic E-state index is 12.1. The number of amides is 1. The van der Waals surface area contributed by atoms with Gasteiger partial charge in [0.2, 0.25) is 5.91 Å². The van der Waals surface area contributed by atoms with Crippen molar-refractivity contribution in [2.75, 3.05) is 32.6 Å². The van der Waals surface area contributed by atoms with Crippen molar-refractivity contribution >= 4 is 17.7 Å². The van der Waals surface area contributed by atoms with Crippen molar-refractivity contribution < 1.29 is 9.53 Å². The summed E-state index contributed by atoms with van der Waals surface area (Å²) in [6, 6.07) is 2.08. The van der Waals surface area contributed by atoms with Crippen LogP contribution in [0.15, 0.2) is 0 Å². The average Bonchev–Trinajstić information content (AvgIpc) is 2.82. The summed E-state index contributed by atoms with van der Waals surface area (Å²) in [5.74, 6) is 1.25. The smallest absolute Gasteiger partial charge is 0.235 e. The molecule has 0 aromatic rings. The molecule has 1 atom stereocenters. The summed E-state index contributed by atoms with van der Waals surface area (Å²) in [6.45, 7) is 1.65. The van der Waals surface area contributed by atoms with Gasteiger partial charge in [0.1, 0.15) is 0 Å². The summed E-state index contributed by atoms with van der Waals surface area (Å²) in [5, 5.41) is 8.67. The van der Waals surface area contributed by atoms with Gasteiger partial charge in [-0.1, -0.05) is 0 Å². The topological polar surface area (TPSA) is 53.3 Å². The van der Waals surface area contributed by atoms with E-state index in [1.54, 1.807) is 23.8 Å². The number of methoxy groups -OCH3 is 1. The van der Waals surface area contributed by atoms with Gasteiger partial charge in [-0.25, -0.2) is 0 Å². The standard InChI is InChI=1S/C11H18N2O2S/c1-15-8-7-13(6-3-5-12)11(14)10-4-2-9-16-10/h10H,2-4,6-9H2,1H3. The lowest BCUT2D eigenvalue weighted by Crippen LogP contribution is -2.39. The largest absolute Gasteiger partial charge is 0.383 e. The molecule has 5 heteroatoms. The molecule has 0 radical (unpaired) electrons. The fourth-order valence-electron chi connectivity index (χ4n) is 1.69. The number of nitrogens with zero attached hydrogens (tertiary/aromatic N) is 2. The molecule has 4 nitrogen and oxygen atoms in total. The molecule has 90 valence electrons. The molecule has 0 saturated carbocycles. The van der Waals surface area contributed by atoms with Crippen molar-refractivity contribution in [3.8, 4) is 6.07 Å². The van der Waals surface area contributed by atoms with Gasteiger partial charge in [-0.3, -0.25) is 4.79 Å². The fourth-order valence-corrected chi connectivity index (χ4v) is 2.94. The van der Waals surface area contributed by atoms with E-state index in [-0.39, 0.29) is 11.2 Å². The maximum atomic E-state index is 12.1. The van der Waals surface area contributed by atoms with Crippen molar-refractivity contribution in [3.05, 3.63) is 0 Å². The van der Waals surface area contributed by atoms with E-state index in [0.29, 0.717) is 26.1 Å². The fraction of sp³-hybridized carbons (Fsp3) is 0.818. The second kappa shape index (κ2) is 7.53. The number of nitriles is 1. The van der Waals surface area contributed by atoms with E-state index in [1.807, 2.05) is 0 Å². The third kappa shape index (κ3) is 4.03. The monoisotopic (exact) mass is 242 g/mol. The summed E-state index contributed by atoms with van der Waals surface area (Å²) in [4.78, 5) is 13.9. The van der Waals surface area contributed by atoms with Gasteiger partial charge in [-0.2, -0.15) is 5.26 Å². The van der Waals surface area contributed by atoms with Crippen LogP contribution in [-0.4, -0.2) is 48.6 Å². The van der Waals surface area contributed by atoms with Crippen LogP contribution in [0.3, 0.4) is 0 Å². The second-order valence-electron chi connectivity index (χ2n) is 3.73. The minimum absolute atomic E-state index is 0.107. The lowest BCUT2D eigenvalue weighted by molar-refractivity contribution is -0.131. The van der Waals surface area contributed by atoms with Gasteiger partial charge < -0.3 is 9.64 Å². The highest BCUT2D eigenvalue weighted by atomic mass is 32.2. The number of ether oxygens (including phenoxy) is 1. The zero-order chi connectivity index (χ0) is 11.8. The van der Waals surface area contributed by atoms with Crippen molar-refractivity contribution in [2.45, 2.75) is 24.5 Å². The molecule has 0 spiro atoms. The highest BCUT2D eigenvalue weighted by Gasteiger charge is 2.27. The van der Waals surface area contributed by atoms with Crippen LogP contribution in [0.2, 0.25) is 0 Å². The van der Waals surface area contributed by atoms with Gasteiger partial charge in [-0.05, 0) is 18.6 Å². The number of thioether (sulfide) groups is 1. The van der Waals surface area contributed by atoms with Crippen LogP contribution in [-0.2, 0) is 9.53 Å². The second-order valence-corrected chi connectivity index (χ2v) is 5.04. The summed E-state index contributed by atoms with van der Waals surface area (Å²) < 4.78 is 4.98. The zero-order valence-electron chi connectivity index (χ0n) is 9.65. The Hall–Kier alpha value is -0.730. The first-order valence-corrected chi connectivity index (χ1v) is 6.60. The van der Waals surface area contributed by atoms with Gasteiger partial charge >= 0.3 is 0 Å². The van der Waals surface area contributed by atoms with E-state index in [4.69, 9.17) is 10.00 Å². The van der Waals surface area contributed by atoms with Crippen LogP contribution in [0.5, 0.6) is 0 Å². The summed E-state index contributed by atoms with van der Waals surface area (Å²) in [5.41, 5.74) is 0. The summed E-state index contributed by atoms with van der Waals surface area (Å²) >= 11 is 1.73. The van der Waals surface area contributed by atoms with E-state index in [1.165, 1.54) is 0 Å². The number of carbonyl (C=O) groups excluding carboxylic acids is 1. The zero-order valence-corrected chi connectivity index (χ0v) is 10.5. The molecule has 1 aliphatic rings. The predicted octanol–water partition coefficient (Wildman–Crippen LogP) is 1.27. The Bertz CT molecular complexity index is 259. The Kier molecular flexibility index (Phi) is 6.27. The molecule has 0 aliphatic carbocycles. The molecule has 0 bridgehead atoms. The molecule has 1 heterocycles. The van der Waals surface area contributed by atoms with E-state index < -0.39 is 0 Å². The quantitative estimate of drug-likeness (QED) is 0.704. The van der Waals surface area contributed by atoms with Gasteiger partial charge in [0.25, 0.3) is 0 Å². The highest BCUT2D eigenvalue weighted by molar-refractivity contribution is 8.00. The summed E-state index contributed by atoms with van der Waals surface area (Å²) in [7, 11) is 1.62. The molecule has 0 N–H and O–H groups in total. The molecule has 0 aromatic heterocycles. The first-order valence-electron chi connectivity index (χ1n) is 5.56. The Balaban J connectivity index is 2.45. The SMILES string of the molecule is COCCN(CCC#N)C(=O)C1CCCS1. The normalized spacial score (nSPS) is 19.4. The molecule has 1 saturated heterocycles. The van der Waals surface area contributed by atoms with Crippen molar-refractivity contribution in [1.82, 2.24) is 4.90 Å². The van der Waals surface area contributed by atoms with E-state index >= 15 is 0 Å². The molecular weight excluding hydrogens is 224 g/mol. The number of hydrogen-bond acceptors (Lipinski definition) is 4. The van der Waals surface area contributed by atoms with E-state index in [2.05, 4.69) is 6.07 Å². The Morgan fingerprint density at radius 3 is 3.00 bits per heavy atom. The molecule has 0 aromatic carbocycles.